The van der Waals surface area contributed by atoms with Crippen molar-refractivity contribution in [2.75, 3.05) is 18.0 Å². The van der Waals surface area contributed by atoms with Crippen molar-refractivity contribution >= 4 is 11.9 Å². The summed E-state index contributed by atoms with van der Waals surface area (Å²) in [5.74, 6) is 0.436. The molecular formula is C12H17N3O2. The molecule has 0 bridgehead atoms. The zero-order valence-electron chi connectivity index (χ0n) is 10.2. The maximum atomic E-state index is 10.9. The molecule has 2 rings (SSSR count). The van der Waals surface area contributed by atoms with Crippen molar-refractivity contribution in [2.45, 2.75) is 26.7 Å². The SMILES string of the molecule is Cc1nc(N2CCC(C)CC2)ncc1C(=O)O. The van der Waals surface area contributed by atoms with Crippen molar-refractivity contribution in [1.29, 1.82) is 0 Å². The van der Waals surface area contributed by atoms with E-state index in [-0.39, 0.29) is 5.56 Å². The number of carboxylic acids is 1. The minimum atomic E-state index is -0.971. The van der Waals surface area contributed by atoms with Crippen LogP contribution in [0.3, 0.4) is 0 Å². The van der Waals surface area contributed by atoms with Crippen molar-refractivity contribution in [3.8, 4) is 0 Å². The standard InChI is InChI=1S/C12H17N3O2/c1-8-3-5-15(6-4-8)12-13-7-10(11(16)17)9(2)14-12/h7-8H,3-6H2,1-2H3,(H,16,17). The van der Waals surface area contributed by atoms with Crippen LogP contribution in [0, 0.1) is 12.8 Å². The molecular weight excluding hydrogens is 218 g/mol. The molecule has 2 heterocycles. The summed E-state index contributed by atoms with van der Waals surface area (Å²) in [5, 5.41) is 8.91. The van der Waals surface area contributed by atoms with Gasteiger partial charge in [-0.25, -0.2) is 14.8 Å². The Morgan fingerprint density at radius 1 is 1.47 bits per heavy atom. The van der Waals surface area contributed by atoms with E-state index in [1.807, 2.05) is 0 Å². The normalized spacial score (nSPS) is 17.2. The molecule has 1 fully saturated rings. The van der Waals surface area contributed by atoms with Crippen LogP contribution in [0.2, 0.25) is 0 Å². The fraction of sp³-hybridized carbons (Fsp3) is 0.583. The van der Waals surface area contributed by atoms with Crippen LogP contribution in [0.15, 0.2) is 6.20 Å². The maximum absolute atomic E-state index is 10.9. The van der Waals surface area contributed by atoms with Gasteiger partial charge in [0.2, 0.25) is 5.95 Å². The number of rotatable bonds is 2. The van der Waals surface area contributed by atoms with E-state index in [1.165, 1.54) is 6.20 Å². The summed E-state index contributed by atoms with van der Waals surface area (Å²) in [5.41, 5.74) is 0.709. The largest absolute Gasteiger partial charge is 0.478 e. The van der Waals surface area contributed by atoms with Gasteiger partial charge in [-0.3, -0.25) is 0 Å². The average molecular weight is 235 g/mol. The van der Waals surface area contributed by atoms with Gasteiger partial charge in [0.1, 0.15) is 0 Å². The van der Waals surface area contributed by atoms with Crippen LogP contribution in [0.25, 0.3) is 0 Å². The van der Waals surface area contributed by atoms with E-state index in [2.05, 4.69) is 21.8 Å². The van der Waals surface area contributed by atoms with Gasteiger partial charge in [0.25, 0.3) is 0 Å². The molecule has 0 radical (unpaired) electrons. The van der Waals surface area contributed by atoms with Crippen molar-refractivity contribution < 1.29 is 9.90 Å². The summed E-state index contributed by atoms with van der Waals surface area (Å²) in [6, 6.07) is 0. The lowest BCUT2D eigenvalue weighted by Crippen LogP contribution is -2.34. The molecule has 0 aliphatic carbocycles. The highest BCUT2D eigenvalue weighted by Crippen LogP contribution is 2.20. The number of carbonyl (C=O) groups is 1. The number of carboxylic acid groups (broad SMARTS) is 1. The Morgan fingerprint density at radius 2 is 2.12 bits per heavy atom. The summed E-state index contributed by atoms with van der Waals surface area (Å²) in [6.45, 7) is 5.86. The summed E-state index contributed by atoms with van der Waals surface area (Å²) >= 11 is 0. The van der Waals surface area contributed by atoms with Gasteiger partial charge in [0.15, 0.2) is 0 Å². The van der Waals surface area contributed by atoms with Crippen LogP contribution in [0.1, 0.15) is 35.8 Å². The van der Waals surface area contributed by atoms with E-state index < -0.39 is 5.97 Å². The molecule has 5 heteroatoms. The van der Waals surface area contributed by atoms with Crippen LogP contribution in [0.4, 0.5) is 5.95 Å². The minimum absolute atomic E-state index is 0.180. The zero-order chi connectivity index (χ0) is 12.4. The molecule has 17 heavy (non-hydrogen) atoms. The molecule has 1 aromatic heterocycles. The third-order valence-corrected chi connectivity index (χ3v) is 3.26. The second-order valence-corrected chi connectivity index (χ2v) is 4.64. The molecule has 1 aliphatic heterocycles. The summed E-state index contributed by atoms with van der Waals surface area (Å²) in [4.78, 5) is 21.4. The second kappa shape index (κ2) is 4.69. The van der Waals surface area contributed by atoms with Crippen LogP contribution >= 0.6 is 0 Å². The van der Waals surface area contributed by atoms with Gasteiger partial charge in [0.05, 0.1) is 11.3 Å². The molecule has 0 atom stereocenters. The van der Waals surface area contributed by atoms with Gasteiger partial charge in [0, 0.05) is 19.3 Å². The van der Waals surface area contributed by atoms with Gasteiger partial charge in [-0.05, 0) is 25.7 Å². The highest BCUT2D eigenvalue weighted by molar-refractivity contribution is 5.88. The monoisotopic (exact) mass is 235 g/mol. The number of aromatic nitrogens is 2. The Morgan fingerprint density at radius 3 is 2.65 bits per heavy atom. The Labute approximate surface area is 100 Å². The molecule has 0 spiro atoms. The first-order valence-electron chi connectivity index (χ1n) is 5.90. The summed E-state index contributed by atoms with van der Waals surface area (Å²) < 4.78 is 0. The van der Waals surface area contributed by atoms with E-state index in [0.717, 1.165) is 31.8 Å². The molecule has 1 saturated heterocycles. The van der Waals surface area contributed by atoms with Crippen LogP contribution in [-0.2, 0) is 0 Å². The number of piperidine rings is 1. The van der Waals surface area contributed by atoms with Crippen LogP contribution in [-0.4, -0.2) is 34.1 Å². The lowest BCUT2D eigenvalue weighted by Gasteiger charge is -2.30. The predicted molar refractivity (Wildman–Crippen MR) is 64.3 cm³/mol. The maximum Gasteiger partial charge on any atom is 0.339 e. The molecule has 5 nitrogen and oxygen atoms in total. The van der Waals surface area contributed by atoms with Crippen LogP contribution in [0.5, 0.6) is 0 Å². The molecule has 0 saturated carbocycles. The third kappa shape index (κ3) is 2.54. The molecule has 1 aliphatic rings. The van der Waals surface area contributed by atoms with Gasteiger partial charge in [-0.1, -0.05) is 6.92 Å². The highest BCUT2D eigenvalue weighted by atomic mass is 16.4. The summed E-state index contributed by atoms with van der Waals surface area (Å²) in [6.07, 6.45) is 3.68. The first-order valence-corrected chi connectivity index (χ1v) is 5.90. The first kappa shape index (κ1) is 11.8. The Kier molecular flexibility index (Phi) is 3.26. The fourth-order valence-electron chi connectivity index (χ4n) is 2.03. The molecule has 0 amide bonds. The van der Waals surface area contributed by atoms with Gasteiger partial charge >= 0.3 is 5.97 Å². The number of hydrogen-bond donors (Lipinski definition) is 1. The Balaban J connectivity index is 2.17. The highest BCUT2D eigenvalue weighted by Gasteiger charge is 2.19. The summed E-state index contributed by atoms with van der Waals surface area (Å²) in [7, 11) is 0. The minimum Gasteiger partial charge on any atom is -0.478 e. The Bertz CT molecular complexity index is 426. The number of nitrogens with zero attached hydrogens (tertiary/aromatic N) is 3. The van der Waals surface area contributed by atoms with Crippen molar-refractivity contribution in [3.63, 3.8) is 0 Å². The van der Waals surface area contributed by atoms with E-state index in [0.29, 0.717) is 11.6 Å². The third-order valence-electron chi connectivity index (χ3n) is 3.26. The van der Waals surface area contributed by atoms with Crippen molar-refractivity contribution in [2.24, 2.45) is 5.92 Å². The lowest BCUT2D eigenvalue weighted by atomic mass is 10.00. The number of anilines is 1. The molecule has 1 aromatic rings. The molecule has 92 valence electrons. The lowest BCUT2D eigenvalue weighted by molar-refractivity contribution is 0.0695. The van der Waals surface area contributed by atoms with E-state index in [9.17, 15) is 4.79 Å². The van der Waals surface area contributed by atoms with Gasteiger partial charge in [-0.15, -0.1) is 0 Å². The molecule has 1 N–H and O–H groups in total. The fourth-order valence-corrected chi connectivity index (χ4v) is 2.03. The second-order valence-electron chi connectivity index (χ2n) is 4.64. The van der Waals surface area contributed by atoms with E-state index in [1.54, 1.807) is 6.92 Å². The smallest absolute Gasteiger partial charge is 0.339 e. The van der Waals surface area contributed by atoms with E-state index >= 15 is 0 Å². The molecule has 0 aromatic carbocycles. The van der Waals surface area contributed by atoms with E-state index in [4.69, 9.17) is 5.11 Å². The quantitative estimate of drug-likeness (QED) is 0.845. The number of aryl methyl sites for hydroxylation is 1. The topological polar surface area (TPSA) is 66.3 Å². The van der Waals surface area contributed by atoms with Crippen molar-refractivity contribution in [1.82, 2.24) is 9.97 Å². The van der Waals surface area contributed by atoms with Gasteiger partial charge < -0.3 is 10.0 Å². The van der Waals surface area contributed by atoms with Gasteiger partial charge in [-0.2, -0.15) is 0 Å². The predicted octanol–water partition coefficient (Wildman–Crippen LogP) is 1.72. The Hall–Kier alpha value is -1.65. The number of aromatic carboxylic acids is 1. The van der Waals surface area contributed by atoms with Crippen molar-refractivity contribution in [3.05, 3.63) is 17.5 Å². The zero-order valence-corrected chi connectivity index (χ0v) is 10.2. The first-order chi connectivity index (χ1) is 8.08. The molecule has 0 unspecified atom stereocenters. The van der Waals surface area contributed by atoms with Crippen LogP contribution < -0.4 is 4.90 Å². The number of hydrogen-bond acceptors (Lipinski definition) is 4. The average Bonchev–Trinajstić information content (AvgIpc) is 2.29.